The molecule has 0 radical (unpaired) electrons. The van der Waals surface area contributed by atoms with E-state index in [0.29, 0.717) is 32.9 Å². The van der Waals surface area contributed by atoms with Crippen molar-refractivity contribution in [1.82, 2.24) is 9.55 Å². The number of hydrogen-bond acceptors (Lipinski definition) is 6. The molecule has 2 rings (SSSR count). The van der Waals surface area contributed by atoms with Crippen LogP contribution in [0.2, 0.25) is 0 Å². The van der Waals surface area contributed by atoms with Gasteiger partial charge < -0.3 is 20.5 Å². The topological polar surface area (TPSA) is 111 Å². The molecule has 2 heterocycles. The van der Waals surface area contributed by atoms with E-state index >= 15 is 0 Å². The van der Waals surface area contributed by atoms with E-state index < -0.39 is 11.2 Å². The van der Waals surface area contributed by atoms with Crippen LogP contribution < -0.4 is 22.3 Å². The van der Waals surface area contributed by atoms with E-state index in [2.05, 4.69) is 10.3 Å². The average molecular weight is 270 g/mol. The number of nitrogens with zero attached hydrogens (tertiary/aromatic N) is 1. The van der Waals surface area contributed by atoms with E-state index in [4.69, 9.17) is 15.2 Å². The van der Waals surface area contributed by atoms with Crippen molar-refractivity contribution in [2.45, 2.75) is 19.6 Å². The molecule has 1 aliphatic heterocycles. The monoisotopic (exact) mass is 270 g/mol. The summed E-state index contributed by atoms with van der Waals surface area (Å²) >= 11 is 0. The van der Waals surface area contributed by atoms with Crippen LogP contribution in [0.25, 0.3) is 0 Å². The first-order chi connectivity index (χ1) is 9.13. The van der Waals surface area contributed by atoms with Crippen LogP contribution in [0.15, 0.2) is 9.59 Å². The number of rotatable bonds is 4. The van der Waals surface area contributed by atoms with E-state index in [0.717, 1.165) is 0 Å². The number of aromatic nitrogens is 2. The van der Waals surface area contributed by atoms with Crippen LogP contribution >= 0.6 is 0 Å². The van der Waals surface area contributed by atoms with Gasteiger partial charge in [0.15, 0.2) is 0 Å². The molecule has 0 amide bonds. The van der Waals surface area contributed by atoms with E-state index in [1.807, 2.05) is 0 Å². The lowest BCUT2D eigenvalue weighted by molar-refractivity contribution is -0.0818. The number of H-pyrrole nitrogens is 1. The van der Waals surface area contributed by atoms with Crippen LogP contribution in [-0.2, 0) is 16.0 Å². The molecule has 8 nitrogen and oxygen atoms in total. The van der Waals surface area contributed by atoms with Crippen LogP contribution in [0.3, 0.4) is 0 Å². The first-order valence-electron chi connectivity index (χ1n) is 6.19. The fourth-order valence-corrected chi connectivity index (χ4v) is 1.94. The second kappa shape index (κ2) is 5.89. The summed E-state index contributed by atoms with van der Waals surface area (Å²) in [4.78, 5) is 25.4. The third-order valence-corrected chi connectivity index (χ3v) is 2.95. The van der Waals surface area contributed by atoms with Crippen LogP contribution in [0.5, 0.6) is 0 Å². The van der Waals surface area contributed by atoms with Gasteiger partial charge in [-0.15, -0.1) is 0 Å². The molecule has 0 saturated carbocycles. The minimum Gasteiger partial charge on any atom is -0.383 e. The summed E-state index contributed by atoms with van der Waals surface area (Å²) in [7, 11) is 0. The number of ether oxygens (including phenoxy) is 2. The molecule has 4 N–H and O–H groups in total. The standard InChI is InChI=1S/C11H18N4O4/c1-2-15-9(12)8(10(16)14-11(15)17)13-5-7-6-18-3-4-19-7/h7,13H,2-6,12H2,1H3,(H,14,16,17). The lowest BCUT2D eigenvalue weighted by Gasteiger charge is -2.23. The lowest BCUT2D eigenvalue weighted by atomic mass is 10.3. The number of aromatic amines is 1. The number of anilines is 2. The second-order valence-corrected chi connectivity index (χ2v) is 4.21. The molecule has 1 fully saturated rings. The molecule has 1 unspecified atom stereocenters. The number of hydrogen-bond donors (Lipinski definition) is 3. The van der Waals surface area contributed by atoms with Crippen LogP contribution in [0.4, 0.5) is 11.5 Å². The van der Waals surface area contributed by atoms with E-state index in [9.17, 15) is 9.59 Å². The van der Waals surface area contributed by atoms with Gasteiger partial charge in [0.1, 0.15) is 11.5 Å². The molecule has 1 atom stereocenters. The van der Waals surface area contributed by atoms with Crippen molar-refractivity contribution in [2.24, 2.45) is 0 Å². The Morgan fingerprint density at radius 3 is 2.89 bits per heavy atom. The molecule has 1 aromatic heterocycles. The quantitative estimate of drug-likeness (QED) is 0.645. The lowest BCUT2D eigenvalue weighted by Crippen LogP contribution is -2.38. The second-order valence-electron chi connectivity index (χ2n) is 4.21. The Balaban J connectivity index is 2.15. The summed E-state index contributed by atoms with van der Waals surface area (Å²) < 4.78 is 12.0. The highest BCUT2D eigenvalue weighted by Crippen LogP contribution is 2.10. The normalized spacial score (nSPS) is 19.3. The molecule has 8 heteroatoms. The highest BCUT2D eigenvalue weighted by atomic mass is 16.6. The molecule has 1 aliphatic rings. The number of nitrogens with one attached hydrogen (secondary N) is 2. The summed E-state index contributed by atoms with van der Waals surface area (Å²) in [5.74, 6) is 0.132. The maximum Gasteiger partial charge on any atom is 0.330 e. The highest BCUT2D eigenvalue weighted by Gasteiger charge is 2.16. The Kier molecular flexibility index (Phi) is 4.23. The summed E-state index contributed by atoms with van der Waals surface area (Å²) in [6, 6.07) is 0. The van der Waals surface area contributed by atoms with Gasteiger partial charge in [-0.3, -0.25) is 14.3 Å². The maximum atomic E-state index is 11.7. The average Bonchev–Trinajstić information content (AvgIpc) is 2.39. The van der Waals surface area contributed by atoms with Crippen molar-refractivity contribution in [3.63, 3.8) is 0 Å². The predicted molar refractivity (Wildman–Crippen MR) is 70.5 cm³/mol. The van der Waals surface area contributed by atoms with E-state index in [1.54, 1.807) is 6.92 Å². The van der Waals surface area contributed by atoms with E-state index in [-0.39, 0.29) is 17.6 Å². The Labute approximate surface area is 109 Å². The van der Waals surface area contributed by atoms with Gasteiger partial charge in [0.2, 0.25) is 0 Å². The van der Waals surface area contributed by atoms with Gasteiger partial charge in [0.25, 0.3) is 5.56 Å². The first kappa shape index (κ1) is 13.6. The fourth-order valence-electron chi connectivity index (χ4n) is 1.94. The highest BCUT2D eigenvalue weighted by molar-refractivity contribution is 5.60. The molecule has 1 aromatic rings. The zero-order chi connectivity index (χ0) is 13.8. The van der Waals surface area contributed by atoms with Gasteiger partial charge in [-0.2, -0.15) is 0 Å². The van der Waals surface area contributed by atoms with Crippen LogP contribution in [0, 0.1) is 0 Å². The van der Waals surface area contributed by atoms with Gasteiger partial charge in [-0.25, -0.2) is 4.79 Å². The van der Waals surface area contributed by atoms with Crippen molar-refractivity contribution in [3.05, 3.63) is 20.8 Å². The van der Waals surface area contributed by atoms with Crippen LogP contribution in [0.1, 0.15) is 6.92 Å². The Morgan fingerprint density at radius 1 is 1.47 bits per heavy atom. The molecule has 0 spiro atoms. The SMILES string of the molecule is CCn1c(N)c(NCC2COCCO2)c(=O)[nH]c1=O. The predicted octanol–water partition coefficient (Wildman–Crippen LogP) is -1.03. The summed E-state index contributed by atoms with van der Waals surface area (Å²) in [6.07, 6.45) is -0.130. The Morgan fingerprint density at radius 2 is 2.26 bits per heavy atom. The van der Waals surface area contributed by atoms with Crippen molar-refractivity contribution < 1.29 is 9.47 Å². The summed E-state index contributed by atoms with van der Waals surface area (Å²) in [5.41, 5.74) is 4.98. The zero-order valence-corrected chi connectivity index (χ0v) is 10.8. The van der Waals surface area contributed by atoms with Crippen molar-refractivity contribution in [3.8, 4) is 0 Å². The summed E-state index contributed by atoms with van der Waals surface area (Å²) in [5, 5.41) is 2.92. The molecule has 19 heavy (non-hydrogen) atoms. The van der Waals surface area contributed by atoms with E-state index in [1.165, 1.54) is 4.57 Å². The first-order valence-corrected chi connectivity index (χ1v) is 6.19. The molecule has 0 aliphatic carbocycles. The molecular formula is C11H18N4O4. The molecular weight excluding hydrogens is 252 g/mol. The smallest absolute Gasteiger partial charge is 0.330 e. The van der Waals surface area contributed by atoms with Crippen molar-refractivity contribution in [1.29, 1.82) is 0 Å². The minimum absolute atomic E-state index is 0.130. The minimum atomic E-state index is -0.524. The summed E-state index contributed by atoms with van der Waals surface area (Å²) in [6.45, 7) is 4.15. The van der Waals surface area contributed by atoms with Crippen molar-refractivity contribution in [2.75, 3.05) is 37.4 Å². The largest absolute Gasteiger partial charge is 0.383 e. The van der Waals surface area contributed by atoms with Gasteiger partial charge in [0, 0.05) is 13.1 Å². The molecule has 106 valence electrons. The maximum absolute atomic E-state index is 11.7. The van der Waals surface area contributed by atoms with Gasteiger partial charge in [0.05, 0.1) is 25.9 Å². The number of nitrogens with two attached hydrogens (primary N) is 1. The van der Waals surface area contributed by atoms with Gasteiger partial charge >= 0.3 is 5.69 Å². The zero-order valence-electron chi connectivity index (χ0n) is 10.8. The number of nitrogen functional groups attached to an aromatic ring is 1. The molecule has 0 aromatic carbocycles. The van der Waals surface area contributed by atoms with Gasteiger partial charge in [-0.1, -0.05) is 0 Å². The Hall–Kier alpha value is -1.80. The third kappa shape index (κ3) is 2.96. The molecule has 1 saturated heterocycles. The van der Waals surface area contributed by atoms with Gasteiger partial charge in [-0.05, 0) is 6.92 Å². The Bertz CT molecular complexity index is 545. The third-order valence-electron chi connectivity index (χ3n) is 2.95. The van der Waals surface area contributed by atoms with Crippen LogP contribution in [-0.4, -0.2) is 42.0 Å². The molecule has 0 bridgehead atoms. The fraction of sp³-hybridized carbons (Fsp3) is 0.636. The van der Waals surface area contributed by atoms with Crippen molar-refractivity contribution >= 4 is 11.5 Å².